The quantitative estimate of drug-likeness (QED) is 0.839. The number of nitrogens with zero attached hydrogens (tertiary/aromatic N) is 1. The molecule has 26 heavy (non-hydrogen) atoms. The van der Waals surface area contributed by atoms with Crippen LogP contribution in [0.15, 0.2) is 48.5 Å². The highest BCUT2D eigenvalue weighted by Gasteiger charge is 2.27. The molecule has 2 aromatic rings. The number of halogens is 2. The Morgan fingerprint density at radius 1 is 1.00 bits per heavy atom. The van der Waals surface area contributed by atoms with Crippen molar-refractivity contribution in [3.63, 3.8) is 0 Å². The molecular formula is C20H20Cl2N2O2. The summed E-state index contributed by atoms with van der Waals surface area (Å²) in [6.45, 7) is 1.18. The molecule has 6 heteroatoms. The smallest absolute Gasteiger partial charge is 0.227 e. The minimum atomic E-state index is -0.0655. The van der Waals surface area contributed by atoms with E-state index < -0.39 is 0 Å². The van der Waals surface area contributed by atoms with Gasteiger partial charge in [0.05, 0.1) is 16.5 Å². The average Bonchev–Trinajstić information content (AvgIpc) is 2.65. The third kappa shape index (κ3) is 4.77. The molecule has 0 saturated carbocycles. The normalized spacial score (nSPS) is 14.9. The fourth-order valence-corrected chi connectivity index (χ4v) is 3.41. The molecule has 1 fully saturated rings. The molecule has 0 atom stereocenters. The van der Waals surface area contributed by atoms with Crippen LogP contribution in [0.2, 0.25) is 10.0 Å². The Bertz CT molecular complexity index is 788. The van der Waals surface area contributed by atoms with Crippen LogP contribution < -0.4 is 5.32 Å². The Balaban J connectivity index is 1.50. The molecule has 136 valence electrons. The lowest BCUT2D eigenvalue weighted by Gasteiger charge is -2.31. The number of para-hydroxylation sites is 1. The first kappa shape index (κ1) is 18.7. The van der Waals surface area contributed by atoms with E-state index in [0.29, 0.717) is 36.0 Å². The van der Waals surface area contributed by atoms with Crippen molar-refractivity contribution in [1.82, 2.24) is 4.90 Å². The second-order valence-corrected chi connectivity index (χ2v) is 7.25. The van der Waals surface area contributed by atoms with E-state index in [-0.39, 0.29) is 24.2 Å². The van der Waals surface area contributed by atoms with E-state index >= 15 is 0 Å². The summed E-state index contributed by atoms with van der Waals surface area (Å²) in [5.74, 6) is 0.00215. The van der Waals surface area contributed by atoms with Crippen LogP contribution in [0.4, 0.5) is 5.69 Å². The number of amides is 2. The first-order valence-electron chi connectivity index (χ1n) is 8.60. The zero-order valence-electron chi connectivity index (χ0n) is 14.3. The minimum absolute atomic E-state index is 0.0211. The van der Waals surface area contributed by atoms with Gasteiger partial charge in [0.15, 0.2) is 0 Å². The maximum absolute atomic E-state index is 12.5. The van der Waals surface area contributed by atoms with Gasteiger partial charge in [-0.15, -0.1) is 0 Å². The van der Waals surface area contributed by atoms with Crippen molar-refractivity contribution in [2.75, 3.05) is 18.4 Å². The molecule has 0 bridgehead atoms. The van der Waals surface area contributed by atoms with Crippen LogP contribution in [0.1, 0.15) is 18.4 Å². The second-order valence-electron chi connectivity index (χ2n) is 6.44. The Morgan fingerprint density at radius 3 is 2.35 bits per heavy atom. The Kier molecular flexibility index (Phi) is 6.17. The van der Waals surface area contributed by atoms with Crippen molar-refractivity contribution in [3.8, 4) is 0 Å². The zero-order chi connectivity index (χ0) is 18.5. The van der Waals surface area contributed by atoms with E-state index in [1.807, 2.05) is 41.3 Å². The lowest BCUT2D eigenvalue weighted by molar-refractivity contribution is -0.133. The molecule has 0 spiro atoms. The maximum atomic E-state index is 12.5. The molecule has 1 saturated heterocycles. The summed E-state index contributed by atoms with van der Waals surface area (Å²) in [6, 6.07) is 14.7. The average molecular weight is 391 g/mol. The summed E-state index contributed by atoms with van der Waals surface area (Å²) < 4.78 is 0. The number of piperidine rings is 1. The number of anilines is 1. The highest BCUT2D eigenvalue weighted by molar-refractivity contribution is 6.42. The summed E-state index contributed by atoms with van der Waals surface area (Å²) in [5, 5.41) is 3.87. The summed E-state index contributed by atoms with van der Waals surface area (Å²) in [4.78, 5) is 26.7. The maximum Gasteiger partial charge on any atom is 0.227 e. The van der Waals surface area contributed by atoms with Crippen molar-refractivity contribution in [3.05, 3.63) is 64.1 Å². The largest absolute Gasteiger partial charge is 0.342 e. The highest BCUT2D eigenvalue weighted by atomic mass is 35.5. The molecule has 1 heterocycles. The van der Waals surface area contributed by atoms with Crippen LogP contribution in [-0.4, -0.2) is 29.8 Å². The van der Waals surface area contributed by atoms with Gasteiger partial charge in [0.2, 0.25) is 11.8 Å². The molecule has 0 unspecified atom stereocenters. The van der Waals surface area contributed by atoms with Crippen molar-refractivity contribution in [2.45, 2.75) is 19.3 Å². The fraction of sp³-hybridized carbons (Fsp3) is 0.300. The van der Waals surface area contributed by atoms with Gasteiger partial charge < -0.3 is 10.2 Å². The summed E-state index contributed by atoms with van der Waals surface area (Å²) in [7, 11) is 0. The van der Waals surface area contributed by atoms with Crippen molar-refractivity contribution in [1.29, 1.82) is 0 Å². The molecule has 2 aromatic carbocycles. The van der Waals surface area contributed by atoms with Crippen LogP contribution in [0, 0.1) is 5.92 Å². The van der Waals surface area contributed by atoms with Gasteiger partial charge in [0.25, 0.3) is 0 Å². The number of benzene rings is 2. The first-order chi connectivity index (χ1) is 12.5. The summed E-state index contributed by atoms with van der Waals surface area (Å²) in [6.07, 6.45) is 1.63. The molecule has 4 nitrogen and oxygen atoms in total. The number of likely N-dealkylation sites (tertiary alicyclic amines) is 1. The van der Waals surface area contributed by atoms with Crippen LogP contribution in [0.3, 0.4) is 0 Å². The topological polar surface area (TPSA) is 49.4 Å². The molecule has 1 aliphatic rings. The number of carbonyl (C=O) groups excluding carboxylic acids is 2. The third-order valence-corrected chi connectivity index (χ3v) is 5.34. The van der Waals surface area contributed by atoms with E-state index in [9.17, 15) is 9.59 Å². The van der Waals surface area contributed by atoms with Gasteiger partial charge in [0.1, 0.15) is 0 Å². The summed E-state index contributed by atoms with van der Waals surface area (Å²) in [5.41, 5.74) is 1.64. The zero-order valence-corrected chi connectivity index (χ0v) is 15.8. The van der Waals surface area contributed by atoms with Crippen LogP contribution in [0.25, 0.3) is 0 Å². The molecule has 1 aliphatic heterocycles. The van der Waals surface area contributed by atoms with Crippen molar-refractivity contribution < 1.29 is 9.59 Å². The first-order valence-corrected chi connectivity index (χ1v) is 9.36. The van der Waals surface area contributed by atoms with Crippen molar-refractivity contribution >= 4 is 40.7 Å². The van der Waals surface area contributed by atoms with Gasteiger partial charge in [0, 0.05) is 24.7 Å². The number of rotatable bonds is 4. The van der Waals surface area contributed by atoms with E-state index in [4.69, 9.17) is 23.2 Å². The van der Waals surface area contributed by atoms with Gasteiger partial charge in [-0.3, -0.25) is 9.59 Å². The third-order valence-electron chi connectivity index (χ3n) is 4.60. The lowest BCUT2D eigenvalue weighted by Crippen LogP contribution is -2.42. The second kappa shape index (κ2) is 8.56. The van der Waals surface area contributed by atoms with Gasteiger partial charge in [-0.05, 0) is 42.7 Å². The van der Waals surface area contributed by atoms with E-state index in [2.05, 4.69) is 5.32 Å². The minimum Gasteiger partial charge on any atom is -0.342 e. The van der Waals surface area contributed by atoms with Gasteiger partial charge in [-0.25, -0.2) is 0 Å². The van der Waals surface area contributed by atoms with Crippen LogP contribution in [0.5, 0.6) is 0 Å². The molecule has 3 rings (SSSR count). The van der Waals surface area contributed by atoms with Crippen LogP contribution >= 0.6 is 23.2 Å². The van der Waals surface area contributed by atoms with Gasteiger partial charge in [-0.2, -0.15) is 0 Å². The van der Waals surface area contributed by atoms with E-state index in [0.717, 1.165) is 11.3 Å². The predicted octanol–water partition coefficient (Wildman–Crippen LogP) is 4.41. The predicted molar refractivity (Wildman–Crippen MR) is 105 cm³/mol. The van der Waals surface area contributed by atoms with Gasteiger partial charge >= 0.3 is 0 Å². The highest BCUT2D eigenvalue weighted by Crippen LogP contribution is 2.24. The molecule has 0 radical (unpaired) electrons. The van der Waals surface area contributed by atoms with E-state index in [1.165, 1.54) is 0 Å². The monoisotopic (exact) mass is 390 g/mol. The van der Waals surface area contributed by atoms with Crippen molar-refractivity contribution in [2.24, 2.45) is 5.92 Å². The summed E-state index contributed by atoms with van der Waals surface area (Å²) >= 11 is 11.9. The molecule has 0 aliphatic carbocycles. The Morgan fingerprint density at radius 2 is 1.69 bits per heavy atom. The lowest BCUT2D eigenvalue weighted by atomic mass is 9.95. The Hall–Kier alpha value is -2.04. The van der Waals surface area contributed by atoms with Crippen LogP contribution in [-0.2, 0) is 16.0 Å². The number of carbonyl (C=O) groups is 2. The molecule has 0 aromatic heterocycles. The molecule has 2 amide bonds. The standard InChI is InChI=1S/C20H20Cl2N2O2/c21-17-7-6-14(12-18(17)22)13-19(25)24-10-8-15(9-11-24)20(26)23-16-4-2-1-3-5-16/h1-7,12,15H,8-11,13H2,(H,23,26). The fourth-order valence-electron chi connectivity index (χ4n) is 3.09. The molecule has 1 N–H and O–H groups in total. The Labute approximate surface area is 163 Å². The van der Waals surface area contributed by atoms with Gasteiger partial charge in [-0.1, -0.05) is 47.5 Å². The van der Waals surface area contributed by atoms with E-state index in [1.54, 1.807) is 12.1 Å². The SMILES string of the molecule is O=C(Nc1ccccc1)C1CCN(C(=O)Cc2ccc(Cl)c(Cl)c2)CC1. The number of hydrogen-bond donors (Lipinski definition) is 1. The molecular weight excluding hydrogens is 371 g/mol. The number of hydrogen-bond acceptors (Lipinski definition) is 2. The number of nitrogens with one attached hydrogen (secondary N) is 1.